The van der Waals surface area contributed by atoms with E-state index in [0.29, 0.717) is 6.61 Å². The summed E-state index contributed by atoms with van der Waals surface area (Å²) in [6, 6.07) is 24.7. The maximum Gasteiger partial charge on any atom is 0.138 e. The van der Waals surface area contributed by atoms with Gasteiger partial charge in [0.2, 0.25) is 0 Å². The van der Waals surface area contributed by atoms with Crippen molar-refractivity contribution in [3.05, 3.63) is 110 Å². The van der Waals surface area contributed by atoms with E-state index in [1.807, 2.05) is 60.7 Å². The molecule has 2 aromatic heterocycles. The van der Waals surface area contributed by atoms with E-state index in [2.05, 4.69) is 20.2 Å². The SMILES string of the molecule is Oc1cccc(-n2cncn2)c1.c1ccc(COc2cccc(-n3cncn3)c2)cc1. The molecule has 2 heterocycles. The van der Waals surface area contributed by atoms with Gasteiger partial charge in [-0.2, -0.15) is 10.2 Å². The Bertz CT molecular complexity index is 1190. The second-order valence-corrected chi connectivity index (χ2v) is 6.47. The van der Waals surface area contributed by atoms with Crippen LogP contribution in [-0.2, 0) is 6.61 Å². The second kappa shape index (κ2) is 9.84. The van der Waals surface area contributed by atoms with Crippen LogP contribution in [0.5, 0.6) is 11.5 Å². The maximum absolute atomic E-state index is 9.15. The number of hydrogen-bond donors (Lipinski definition) is 1. The second-order valence-electron chi connectivity index (χ2n) is 6.47. The molecule has 0 spiro atoms. The summed E-state index contributed by atoms with van der Waals surface area (Å²) >= 11 is 0. The molecule has 0 bridgehead atoms. The van der Waals surface area contributed by atoms with Crippen LogP contribution < -0.4 is 4.74 Å². The van der Waals surface area contributed by atoms with Crippen molar-refractivity contribution in [1.29, 1.82) is 0 Å². The highest BCUT2D eigenvalue weighted by atomic mass is 16.5. The Morgan fingerprint density at radius 3 is 1.97 bits per heavy atom. The van der Waals surface area contributed by atoms with Gasteiger partial charge in [0.15, 0.2) is 0 Å². The highest BCUT2D eigenvalue weighted by Gasteiger charge is 2.00. The number of phenols is 1. The predicted molar refractivity (Wildman–Crippen MR) is 115 cm³/mol. The summed E-state index contributed by atoms with van der Waals surface area (Å²) in [6.45, 7) is 0.557. The molecule has 0 atom stereocenters. The molecule has 5 rings (SSSR count). The van der Waals surface area contributed by atoms with Crippen LogP contribution in [0.2, 0.25) is 0 Å². The van der Waals surface area contributed by atoms with Gasteiger partial charge in [0.05, 0.1) is 11.4 Å². The van der Waals surface area contributed by atoms with Gasteiger partial charge in [-0.1, -0.05) is 42.5 Å². The molecule has 0 radical (unpaired) electrons. The van der Waals surface area contributed by atoms with Crippen LogP contribution in [0.4, 0.5) is 0 Å². The minimum Gasteiger partial charge on any atom is -0.508 e. The van der Waals surface area contributed by atoms with Crippen LogP contribution in [0, 0.1) is 0 Å². The predicted octanol–water partition coefficient (Wildman–Crippen LogP) is 3.82. The molecule has 8 heteroatoms. The minimum atomic E-state index is 0.225. The number of aromatic hydroxyl groups is 1. The lowest BCUT2D eigenvalue weighted by Gasteiger charge is -2.08. The number of hydrogen-bond acceptors (Lipinski definition) is 6. The van der Waals surface area contributed by atoms with Gasteiger partial charge < -0.3 is 9.84 Å². The summed E-state index contributed by atoms with van der Waals surface area (Å²) in [5.74, 6) is 1.04. The van der Waals surface area contributed by atoms with E-state index in [-0.39, 0.29) is 5.75 Å². The van der Waals surface area contributed by atoms with Crippen molar-refractivity contribution in [2.24, 2.45) is 0 Å². The highest BCUT2D eigenvalue weighted by Crippen LogP contribution is 2.17. The van der Waals surface area contributed by atoms with E-state index in [0.717, 1.165) is 22.7 Å². The molecule has 0 amide bonds. The van der Waals surface area contributed by atoms with Crippen LogP contribution in [0.1, 0.15) is 5.56 Å². The molecular weight excluding hydrogens is 392 g/mol. The first-order chi connectivity index (χ1) is 15.3. The van der Waals surface area contributed by atoms with Crippen LogP contribution in [0.3, 0.4) is 0 Å². The first-order valence-corrected chi connectivity index (χ1v) is 9.54. The normalized spacial score (nSPS) is 10.2. The van der Waals surface area contributed by atoms with Crippen molar-refractivity contribution in [2.75, 3.05) is 0 Å². The third-order valence-electron chi connectivity index (χ3n) is 4.26. The van der Waals surface area contributed by atoms with Crippen molar-refractivity contribution in [1.82, 2.24) is 29.5 Å². The van der Waals surface area contributed by atoms with Crippen molar-refractivity contribution in [2.45, 2.75) is 6.61 Å². The molecule has 0 aliphatic rings. The lowest BCUT2D eigenvalue weighted by Crippen LogP contribution is -1.98. The zero-order valence-corrected chi connectivity index (χ0v) is 16.6. The van der Waals surface area contributed by atoms with E-state index >= 15 is 0 Å². The molecule has 31 heavy (non-hydrogen) atoms. The zero-order valence-electron chi connectivity index (χ0n) is 16.6. The largest absolute Gasteiger partial charge is 0.508 e. The summed E-state index contributed by atoms with van der Waals surface area (Å²) in [4.78, 5) is 7.73. The number of benzene rings is 3. The molecule has 1 N–H and O–H groups in total. The van der Waals surface area contributed by atoms with Crippen LogP contribution in [0.25, 0.3) is 11.4 Å². The molecule has 0 fully saturated rings. The molecule has 0 saturated heterocycles. The summed E-state index contributed by atoms with van der Waals surface area (Å²) in [5.41, 5.74) is 2.88. The van der Waals surface area contributed by atoms with E-state index in [1.165, 1.54) is 12.7 Å². The molecule has 154 valence electrons. The van der Waals surface area contributed by atoms with Crippen LogP contribution in [-0.4, -0.2) is 34.6 Å². The van der Waals surface area contributed by atoms with Crippen molar-refractivity contribution in [3.63, 3.8) is 0 Å². The molecule has 0 saturated carbocycles. The monoisotopic (exact) mass is 412 g/mol. The van der Waals surface area contributed by atoms with Crippen LogP contribution in [0.15, 0.2) is 104 Å². The zero-order chi connectivity index (χ0) is 21.3. The molecule has 0 unspecified atom stereocenters. The van der Waals surface area contributed by atoms with Gasteiger partial charge in [-0.15, -0.1) is 0 Å². The number of rotatable bonds is 5. The Kier molecular flexibility index (Phi) is 6.30. The van der Waals surface area contributed by atoms with Crippen molar-refractivity contribution in [3.8, 4) is 22.9 Å². The Balaban J connectivity index is 0.000000166. The van der Waals surface area contributed by atoms with Gasteiger partial charge in [0.1, 0.15) is 43.4 Å². The Hall–Kier alpha value is -4.46. The average molecular weight is 412 g/mol. The third kappa shape index (κ3) is 5.54. The van der Waals surface area contributed by atoms with Gasteiger partial charge in [-0.25, -0.2) is 19.3 Å². The third-order valence-corrected chi connectivity index (χ3v) is 4.26. The number of nitrogens with zero attached hydrogens (tertiary/aromatic N) is 6. The summed E-state index contributed by atoms with van der Waals surface area (Å²) < 4.78 is 9.06. The standard InChI is InChI=1S/C15H13N3O.C8H7N3O/c1-2-5-13(6-3-1)10-19-15-8-4-7-14(9-15)18-12-16-11-17-18;12-8-3-1-2-7(4-8)11-6-9-5-10-11/h1-9,11-12H,10H2;1-6,12H. The molecule has 3 aromatic carbocycles. The first kappa shape index (κ1) is 19.8. The van der Waals surface area contributed by atoms with E-state index in [4.69, 9.17) is 9.84 Å². The quantitative estimate of drug-likeness (QED) is 0.472. The van der Waals surface area contributed by atoms with Crippen molar-refractivity contribution < 1.29 is 9.84 Å². The molecule has 0 aliphatic carbocycles. The number of aromatic nitrogens is 6. The Morgan fingerprint density at radius 1 is 0.710 bits per heavy atom. The molecule has 5 aromatic rings. The fourth-order valence-electron chi connectivity index (χ4n) is 2.78. The minimum absolute atomic E-state index is 0.225. The number of phenolic OH excluding ortho intramolecular Hbond substituents is 1. The Morgan fingerprint density at radius 2 is 1.35 bits per heavy atom. The molecule has 0 aliphatic heterocycles. The Labute approximate surface area is 179 Å². The highest BCUT2D eigenvalue weighted by molar-refractivity contribution is 5.38. The van der Waals surface area contributed by atoms with Crippen LogP contribution >= 0.6 is 0 Å². The van der Waals surface area contributed by atoms with Gasteiger partial charge >= 0.3 is 0 Å². The fourth-order valence-corrected chi connectivity index (χ4v) is 2.78. The maximum atomic E-state index is 9.15. The average Bonchev–Trinajstić information content (AvgIpc) is 3.54. The van der Waals surface area contributed by atoms with E-state index < -0.39 is 0 Å². The topological polar surface area (TPSA) is 90.9 Å². The first-order valence-electron chi connectivity index (χ1n) is 9.54. The fraction of sp³-hybridized carbons (Fsp3) is 0.0435. The smallest absolute Gasteiger partial charge is 0.138 e. The van der Waals surface area contributed by atoms with Gasteiger partial charge in [0.25, 0.3) is 0 Å². The van der Waals surface area contributed by atoms with Gasteiger partial charge in [-0.3, -0.25) is 0 Å². The summed E-state index contributed by atoms with van der Waals surface area (Å²) in [7, 11) is 0. The van der Waals surface area contributed by atoms with E-state index in [9.17, 15) is 0 Å². The summed E-state index contributed by atoms with van der Waals surface area (Å²) in [5, 5.41) is 17.2. The molecular formula is C23H20N6O2. The van der Waals surface area contributed by atoms with Gasteiger partial charge in [0, 0.05) is 12.1 Å². The van der Waals surface area contributed by atoms with E-state index in [1.54, 1.807) is 40.2 Å². The number of ether oxygens (including phenoxy) is 1. The van der Waals surface area contributed by atoms with Crippen molar-refractivity contribution >= 4 is 0 Å². The van der Waals surface area contributed by atoms with Gasteiger partial charge in [-0.05, 0) is 29.8 Å². The lowest BCUT2D eigenvalue weighted by atomic mass is 10.2. The summed E-state index contributed by atoms with van der Waals surface area (Å²) in [6.07, 6.45) is 6.20. The molecule has 8 nitrogen and oxygen atoms in total. The lowest BCUT2D eigenvalue weighted by molar-refractivity contribution is 0.306.